The maximum atomic E-state index is 12.5. The molecule has 1 aromatic heterocycles. The first kappa shape index (κ1) is 11.4. The van der Waals surface area contributed by atoms with Crippen LogP contribution < -0.4 is 17.0 Å². The van der Waals surface area contributed by atoms with Crippen molar-refractivity contribution in [1.29, 1.82) is 0 Å². The summed E-state index contributed by atoms with van der Waals surface area (Å²) in [5, 5.41) is 0. The molecular weight excluding hydrogens is 211 g/mol. The van der Waals surface area contributed by atoms with Crippen molar-refractivity contribution in [3.05, 3.63) is 22.1 Å². The van der Waals surface area contributed by atoms with E-state index in [0.717, 1.165) is 0 Å². The summed E-state index contributed by atoms with van der Waals surface area (Å²) in [7, 11) is 0. The molecule has 0 aliphatic heterocycles. The van der Waals surface area contributed by atoms with E-state index < -0.39 is 17.4 Å². The van der Waals surface area contributed by atoms with Crippen LogP contribution in [0.5, 0.6) is 0 Å². The molecule has 15 heavy (non-hydrogen) atoms. The Morgan fingerprint density at radius 2 is 1.93 bits per heavy atom. The van der Waals surface area contributed by atoms with Crippen LogP contribution in [0, 0.1) is 0 Å². The fraction of sp³-hybridized carbons (Fsp3) is 0.375. The van der Waals surface area contributed by atoms with Gasteiger partial charge in [0.25, 0.3) is 5.56 Å². The number of pyridine rings is 1. The van der Waals surface area contributed by atoms with Crippen LogP contribution in [0.25, 0.3) is 0 Å². The molecule has 0 unspecified atom stereocenters. The van der Waals surface area contributed by atoms with Gasteiger partial charge in [-0.05, 0) is 13.0 Å². The van der Waals surface area contributed by atoms with Crippen molar-refractivity contribution in [2.75, 3.05) is 11.5 Å². The van der Waals surface area contributed by atoms with Gasteiger partial charge in [-0.1, -0.05) is 0 Å². The Morgan fingerprint density at radius 3 is 2.33 bits per heavy atom. The molecule has 0 saturated carbocycles. The molecule has 0 amide bonds. The molecule has 0 aliphatic carbocycles. The third kappa shape index (κ3) is 1.90. The van der Waals surface area contributed by atoms with Crippen LogP contribution >= 0.6 is 0 Å². The van der Waals surface area contributed by atoms with E-state index in [9.17, 15) is 18.0 Å². The Bertz CT molecular complexity index is 436. The highest BCUT2D eigenvalue weighted by molar-refractivity contribution is 5.62. The molecule has 4 nitrogen and oxygen atoms in total. The van der Waals surface area contributed by atoms with Crippen molar-refractivity contribution in [3.8, 4) is 0 Å². The number of aromatic nitrogens is 1. The summed E-state index contributed by atoms with van der Waals surface area (Å²) in [6.45, 7) is 1.31. The number of alkyl halides is 3. The van der Waals surface area contributed by atoms with Gasteiger partial charge in [0.05, 0.1) is 5.69 Å². The first-order chi connectivity index (χ1) is 6.79. The number of hydrogen-bond donors (Lipinski definition) is 2. The fourth-order valence-electron chi connectivity index (χ4n) is 1.23. The molecule has 0 aromatic carbocycles. The van der Waals surface area contributed by atoms with E-state index in [1.807, 2.05) is 0 Å². The number of nitrogens with zero attached hydrogens (tertiary/aromatic N) is 1. The first-order valence-electron chi connectivity index (χ1n) is 4.15. The highest BCUT2D eigenvalue weighted by atomic mass is 19.4. The maximum Gasteiger partial charge on any atom is 0.431 e. The number of halogens is 3. The average molecular weight is 221 g/mol. The van der Waals surface area contributed by atoms with Gasteiger partial charge in [0.15, 0.2) is 0 Å². The van der Waals surface area contributed by atoms with Crippen molar-refractivity contribution in [1.82, 2.24) is 4.57 Å². The molecule has 7 heteroatoms. The summed E-state index contributed by atoms with van der Waals surface area (Å²) in [6, 6.07) is 0.667. The largest absolute Gasteiger partial charge is 0.431 e. The van der Waals surface area contributed by atoms with Crippen LogP contribution in [0.2, 0.25) is 0 Å². The van der Waals surface area contributed by atoms with Gasteiger partial charge in [0.1, 0.15) is 11.4 Å². The highest BCUT2D eigenvalue weighted by Gasteiger charge is 2.35. The van der Waals surface area contributed by atoms with Crippen LogP contribution in [-0.4, -0.2) is 4.57 Å². The zero-order chi connectivity index (χ0) is 11.8. The quantitative estimate of drug-likeness (QED) is 0.744. The third-order valence-electron chi connectivity index (χ3n) is 1.98. The molecule has 0 aliphatic rings. The van der Waals surface area contributed by atoms with Gasteiger partial charge in [0.2, 0.25) is 0 Å². The number of anilines is 2. The summed E-state index contributed by atoms with van der Waals surface area (Å²) < 4.78 is 38.0. The summed E-state index contributed by atoms with van der Waals surface area (Å²) >= 11 is 0. The molecule has 0 saturated heterocycles. The zero-order valence-corrected chi connectivity index (χ0v) is 7.93. The lowest BCUT2D eigenvalue weighted by Gasteiger charge is -2.15. The Kier molecular flexibility index (Phi) is 2.65. The van der Waals surface area contributed by atoms with Crippen LogP contribution in [0.4, 0.5) is 24.5 Å². The number of hydrogen-bond acceptors (Lipinski definition) is 3. The minimum absolute atomic E-state index is 0.113. The Labute approximate surface area is 83.3 Å². The van der Waals surface area contributed by atoms with Crippen molar-refractivity contribution < 1.29 is 13.2 Å². The first-order valence-corrected chi connectivity index (χ1v) is 4.15. The van der Waals surface area contributed by atoms with Crippen LogP contribution in [0.1, 0.15) is 12.6 Å². The van der Waals surface area contributed by atoms with E-state index >= 15 is 0 Å². The van der Waals surface area contributed by atoms with Crippen molar-refractivity contribution in [3.63, 3.8) is 0 Å². The monoisotopic (exact) mass is 221 g/mol. The lowest BCUT2D eigenvalue weighted by atomic mass is 10.2. The van der Waals surface area contributed by atoms with Gasteiger partial charge in [-0.25, -0.2) is 0 Å². The van der Waals surface area contributed by atoms with Crippen molar-refractivity contribution in [2.24, 2.45) is 0 Å². The minimum Gasteiger partial charge on any atom is -0.397 e. The van der Waals surface area contributed by atoms with Gasteiger partial charge in [-0.15, -0.1) is 0 Å². The lowest BCUT2D eigenvalue weighted by molar-refractivity contribution is -0.144. The molecular formula is C8H10F3N3O. The highest BCUT2D eigenvalue weighted by Crippen LogP contribution is 2.30. The van der Waals surface area contributed by atoms with Crippen LogP contribution in [0.3, 0.4) is 0 Å². The fourth-order valence-corrected chi connectivity index (χ4v) is 1.23. The molecule has 0 spiro atoms. The number of rotatable bonds is 1. The average Bonchev–Trinajstić information content (AvgIpc) is 2.12. The lowest BCUT2D eigenvalue weighted by Crippen LogP contribution is -2.30. The Morgan fingerprint density at radius 1 is 1.40 bits per heavy atom. The third-order valence-corrected chi connectivity index (χ3v) is 1.98. The summed E-state index contributed by atoms with van der Waals surface area (Å²) in [4.78, 5) is 11.3. The predicted molar refractivity (Wildman–Crippen MR) is 50.2 cm³/mol. The number of nitrogens with two attached hydrogens (primary N) is 2. The molecule has 84 valence electrons. The molecule has 0 fully saturated rings. The molecule has 1 rings (SSSR count). The molecule has 0 radical (unpaired) electrons. The Balaban J connectivity index is 3.61. The second-order valence-corrected chi connectivity index (χ2v) is 2.95. The van der Waals surface area contributed by atoms with Crippen molar-refractivity contribution >= 4 is 11.4 Å². The van der Waals surface area contributed by atoms with Gasteiger partial charge in [-0.2, -0.15) is 13.2 Å². The summed E-state index contributed by atoms with van der Waals surface area (Å²) in [5.41, 5.74) is 7.75. The smallest absolute Gasteiger partial charge is 0.397 e. The Hall–Kier alpha value is -1.66. The maximum absolute atomic E-state index is 12.5. The second-order valence-electron chi connectivity index (χ2n) is 2.95. The van der Waals surface area contributed by atoms with Crippen LogP contribution in [-0.2, 0) is 12.7 Å². The van der Waals surface area contributed by atoms with Gasteiger partial charge < -0.3 is 16.0 Å². The van der Waals surface area contributed by atoms with Crippen molar-refractivity contribution in [2.45, 2.75) is 19.6 Å². The van der Waals surface area contributed by atoms with E-state index in [2.05, 4.69) is 0 Å². The van der Waals surface area contributed by atoms with E-state index in [4.69, 9.17) is 11.5 Å². The molecule has 4 N–H and O–H groups in total. The van der Waals surface area contributed by atoms with Gasteiger partial charge in [0, 0.05) is 6.54 Å². The molecule has 1 heterocycles. The van der Waals surface area contributed by atoms with Crippen LogP contribution in [0.15, 0.2) is 10.9 Å². The molecule has 1 aromatic rings. The zero-order valence-electron chi connectivity index (χ0n) is 7.93. The van der Waals surface area contributed by atoms with E-state index in [-0.39, 0.29) is 17.9 Å². The molecule has 0 atom stereocenters. The summed E-state index contributed by atoms with van der Waals surface area (Å²) in [5.74, 6) is 0. The van der Waals surface area contributed by atoms with Gasteiger partial charge >= 0.3 is 6.18 Å². The second kappa shape index (κ2) is 3.48. The molecule has 0 bridgehead atoms. The standard InChI is InChI=1S/C8H10F3N3O/c1-2-14-5(8(9,10)11)3-4(12)6(13)7(14)15/h3H,2,12-13H2,1H3. The number of nitrogen functional groups attached to an aromatic ring is 2. The van der Waals surface area contributed by atoms with E-state index in [1.54, 1.807) is 0 Å². The minimum atomic E-state index is -4.61. The predicted octanol–water partition coefficient (Wildman–Crippen LogP) is 1.05. The van der Waals surface area contributed by atoms with Gasteiger partial charge in [-0.3, -0.25) is 4.79 Å². The topological polar surface area (TPSA) is 74.0 Å². The van der Waals surface area contributed by atoms with E-state index in [0.29, 0.717) is 10.6 Å². The van der Waals surface area contributed by atoms with E-state index in [1.165, 1.54) is 6.92 Å². The SMILES string of the molecule is CCn1c(C(F)(F)F)cc(N)c(N)c1=O. The summed E-state index contributed by atoms with van der Waals surface area (Å²) in [6.07, 6.45) is -4.61. The normalized spacial score (nSPS) is 11.7.